The summed E-state index contributed by atoms with van der Waals surface area (Å²) < 4.78 is 1.06. The van der Waals surface area contributed by atoms with Crippen molar-refractivity contribution in [2.45, 2.75) is 23.1 Å². The molecule has 0 bridgehead atoms. The average molecular weight is 348 g/mol. The molecule has 0 amide bonds. The number of rotatable bonds is 5. The molecule has 2 aromatic carbocycles. The molecule has 0 fully saturated rings. The van der Waals surface area contributed by atoms with Crippen molar-refractivity contribution < 1.29 is 4.48 Å². The van der Waals surface area contributed by atoms with Crippen LogP contribution in [-0.4, -0.2) is 38.2 Å². The van der Waals surface area contributed by atoms with Crippen molar-refractivity contribution in [2.24, 2.45) is 0 Å². The van der Waals surface area contributed by atoms with E-state index in [4.69, 9.17) is 11.6 Å². The quantitative estimate of drug-likeness (QED) is 0.663. The molecule has 0 unspecified atom stereocenters. The minimum Gasteiger partial charge on any atom is -0.339 e. The van der Waals surface area contributed by atoms with Gasteiger partial charge in [-0.3, -0.25) is 0 Å². The Kier molecular flexibility index (Phi) is 4.90. The normalized spacial score (nSPS) is 13.7. The molecule has 0 aliphatic carbocycles. The lowest BCUT2D eigenvalue weighted by atomic mass is 10.2. The largest absolute Gasteiger partial charge is 0.339 e. The van der Waals surface area contributed by atoms with Crippen LogP contribution in [0.25, 0.3) is 0 Å². The van der Waals surface area contributed by atoms with E-state index in [1.54, 1.807) is 0 Å². The molecule has 4 heteroatoms. The second-order valence-corrected chi connectivity index (χ2v) is 8.18. The molecule has 0 N–H and O–H groups in total. The Labute approximate surface area is 148 Å². The molecule has 1 heterocycles. The second-order valence-electron chi connectivity index (χ2n) is 6.66. The molecule has 0 aromatic heterocycles. The van der Waals surface area contributed by atoms with Crippen molar-refractivity contribution in [1.82, 2.24) is 0 Å². The summed E-state index contributed by atoms with van der Waals surface area (Å²) in [5, 5.41) is 0.804. The summed E-state index contributed by atoms with van der Waals surface area (Å²) in [5.74, 6) is 0. The minimum absolute atomic E-state index is 0.804. The fourth-order valence-corrected chi connectivity index (χ4v) is 4.10. The Morgan fingerprint density at radius 1 is 1.04 bits per heavy atom. The van der Waals surface area contributed by atoms with E-state index in [-0.39, 0.29) is 0 Å². The number of para-hydroxylation sites is 1. The predicted octanol–water partition coefficient (Wildman–Crippen LogP) is 5.43. The first-order valence-corrected chi connectivity index (χ1v) is 9.35. The SMILES string of the molecule is CC[N+](C)(C)CCCN1c2ccccc2Sc2ccc(Cl)cc21. The van der Waals surface area contributed by atoms with E-state index in [0.29, 0.717) is 0 Å². The molecule has 0 radical (unpaired) electrons. The van der Waals surface area contributed by atoms with Crippen molar-refractivity contribution in [1.29, 1.82) is 0 Å². The molecular weight excluding hydrogens is 324 g/mol. The lowest BCUT2D eigenvalue weighted by Gasteiger charge is -2.34. The van der Waals surface area contributed by atoms with Crippen molar-refractivity contribution >= 4 is 34.7 Å². The van der Waals surface area contributed by atoms with E-state index in [1.165, 1.54) is 27.7 Å². The molecule has 0 atom stereocenters. The predicted molar refractivity (Wildman–Crippen MR) is 101 cm³/mol. The third-order valence-corrected chi connectivity index (χ3v) is 5.95. The van der Waals surface area contributed by atoms with Gasteiger partial charge in [0.25, 0.3) is 0 Å². The van der Waals surface area contributed by atoms with Gasteiger partial charge in [-0.25, -0.2) is 0 Å². The lowest BCUT2D eigenvalue weighted by molar-refractivity contribution is -0.888. The number of anilines is 2. The van der Waals surface area contributed by atoms with Gasteiger partial charge in [-0.2, -0.15) is 0 Å². The van der Waals surface area contributed by atoms with Crippen LogP contribution in [0, 0.1) is 0 Å². The molecule has 2 aromatic rings. The van der Waals surface area contributed by atoms with E-state index in [2.05, 4.69) is 62.3 Å². The number of hydrogen-bond acceptors (Lipinski definition) is 2. The number of halogens is 1. The number of nitrogens with zero attached hydrogens (tertiary/aromatic N) is 2. The summed E-state index contributed by atoms with van der Waals surface area (Å²) in [6.07, 6.45) is 1.16. The first kappa shape index (κ1) is 16.7. The Balaban J connectivity index is 1.88. The van der Waals surface area contributed by atoms with Crippen LogP contribution < -0.4 is 4.90 Å². The first-order chi connectivity index (χ1) is 11.0. The van der Waals surface area contributed by atoms with Gasteiger partial charge in [-0.15, -0.1) is 0 Å². The number of fused-ring (bicyclic) bond motifs is 2. The van der Waals surface area contributed by atoms with Crippen molar-refractivity contribution in [3.63, 3.8) is 0 Å². The molecule has 3 rings (SSSR count). The van der Waals surface area contributed by atoms with Crippen molar-refractivity contribution in [2.75, 3.05) is 38.6 Å². The monoisotopic (exact) mass is 347 g/mol. The van der Waals surface area contributed by atoms with Crippen LogP contribution >= 0.6 is 23.4 Å². The molecule has 1 aliphatic heterocycles. The van der Waals surface area contributed by atoms with Crippen LogP contribution in [0.1, 0.15) is 13.3 Å². The smallest absolute Gasteiger partial charge is 0.0799 e. The van der Waals surface area contributed by atoms with Crippen molar-refractivity contribution in [3.8, 4) is 0 Å². The van der Waals surface area contributed by atoms with E-state index in [1.807, 2.05) is 17.8 Å². The molecule has 0 spiro atoms. The van der Waals surface area contributed by atoms with Crippen LogP contribution in [0.15, 0.2) is 52.3 Å². The zero-order valence-electron chi connectivity index (χ0n) is 14.1. The van der Waals surface area contributed by atoms with Crippen molar-refractivity contribution in [3.05, 3.63) is 47.5 Å². The highest BCUT2D eigenvalue weighted by Gasteiger charge is 2.24. The van der Waals surface area contributed by atoms with Crippen LogP contribution in [0.3, 0.4) is 0 Å². The van der Waals surface area contributed by atoms with Crippen LogP contribution in [0.5, 0.6) is 0 Å². The molecule has 0 saturated carbocycles. The van der Waals surface area contributed by atoms with Gasteiger partial charge in [0.1, 0.15) is 0 Å². The average Bonchev–Trinajstić information content (AvgIpc) is 2.54. The van der Waals surface area contributed by atoms with E-state index >= 15 is 0 Å². The Bertz CT molecular complexity index is 700. The second kappa shape index (κ2) is 6.76. The lowest BCUT2D eigenvalue weighted by Crippen LogP contribution is -2.41. The zero-order valence-corrected chi connectivity index (χ0v) is 15.6. The topological polar surface area (TPSA) is 3.24 Å². The molecule has 0 saturated heterocycles. The van der Waals surface area contributed by atoms with Gasteiger partial charge in [-0.05, 0) is 37.3 Å². The fraction of sp³-hybridized carbons (Fsp3) is 0.368. The molecule has 2 nitrogen and oxygen atoms in total. The van der Waals surface area contributed by atoms with Gasteiger partial charge >= 0.3 is 0 Å². The van der Waals surface area contributed by atoms with Gasteiger partial charge in [0.05, 0.1) is 38.6 Å². The molecule has 122 valence electrons. The molecule has 1 aliphatic rings. The van der Waals surface area contributed by atoms with Crippen LogP contribution in [0.2, 0.25) is 5.02 Å². The Morgan fingerprint density at radius 2 is 1.78 bits per heavy atom. The maximum Gasteiger partial charge on any atom is 0.0799 e. The highest BCUT2D eigenvalue weighted by Crippen LogP contribution is 2.48. The van der Waals surface area contributed by atoms with Gasteiger partial charge in [0.15, 0.2) is 0 Å². The van der Waals surface area contributed by atoms with E-state index < -0.39 is 0 Å². The number of hydrogen-bond donors (Lipinski definition) is 0. The Morgan fingerprint density at radius 3 is 2.57 bits per heavy atom. The summed E-state index contributed by atoms with van der Waals surface area (Å²) in [4.78, 5) is 5.05. The van der Waals surface area contributed by atoms with Gasteiger partial charge in [0, 0.05) is 27.8 Å². The third kappa shape index (κ3) is 3.68. The zero-order chi connectivity index (χ0) is 16.4. The highest BCUT2D eigenvalue weighted by atomic mass is 35.5. The van der Waals surface area contributed by atoms with E-state index in [0.717, 1.165) is 29.0 Å². The maximum atomic E-state index is 6.26. The number of benzene rings is 2. The summed E-state index contributed by atoms with van der Waals surface area (Å²) in [7, 11) is 4.59. The van der Waals surface area contributed by atoms with Gasteiger partial charge < -0.3 is 9.38 Å². The first-order valence-electron chi connectivity index (χ1n) is 8.16. The number of quaternary nitrogens is 1. The van der Waals surface area contributed by atoms with Gasteiger partial charge in [-0.1, -0.05) is 35.5 Å². The fourth-order valence-electron chi connectivity index (χ4n) is 2.86. The van der Waals surface area contributed by atoms with E-state index in [9.17, 15) is 0 Å². The summed E-state index contributed by atoms with van der Waals surface area (Å²) in [6.45, 7) is 5.61. The maximum absolute atomic E-state index is 6.26. The van der Waals surface area contributed by atoms with Gasteiger partial charge in [0.2, 0.25) is 0 Å². The highest BCUT2D eigenvalue weighted by molar-refractivity contribution is 7.99. The third-order valence-electron chi connectivity index (χ3n) is 4.59. The molecular formula is C19H24ClN2S+. The van der Waals surface area contributed by atoms with Crippen LogP contribution in [-0.2, 0) is 0 Å². The summed E-state index contributed by atoms with van der Waals surface area (Å²) in [6, 6.07) is 14.9. The summed E-state index contributed by atoms with van der Waals surface area (Å²) in [5.41, 5.74) is 2.54. The Hall–Kier alpha value is -1.16. The standard InChI is InChI=1S/C19H24ClN2S/c1-4-22(2,3)13-7-12-21-16-8-5-6-9-18(16)23-19-11-10-15(20)14-17(19)21/h5-6,8-11,14H,4,7,12-13H2,1-3H3/q+1. The minimum atomic E-state index is 0.804. The van der Waals surface area contributed by atoms with Crippen LogP contribution in [0.4, 0.5) is 11.4 Å². The molecule has 23 heavy (non-hydrogen) atoms. The summed E-state index contributed by atoms with van der Waals surface area (Å²) >= 11 is 8.09.